The van der Waals surface area contributed by atoms with E-state index < -0.39 is 37.3 Å². The van der Waals surface area contributed by atoms with Gasteiger partial charge in [-0.05, 0) is 18.2 Å². The SMILES string of the molecule is O=C(Nc1cc(S(F)(F)(F)(F)F)ccc1OCC1COC1)OCC(Cl)(Cl)Cl. The van der Waals surface area contributed by atoms with Crippen molar-refractivity contribution in [2.75, 3.05) is 31.7 Å². The van der Waals surface area contributed by atoms with E-state index in [2.05, 4.69) is 4.74 Å². The fraction of sp³-hybridized carbons (Fsp3) is 0.462. The van der Waals surface area contributed by atoms with Gasteiger partial charge in [0.05, 0.1) is 25.5 Å². The van der Waals surface area contributed by atoms with Crippen LogP contribution in [0.3, 0.4) is 0 Å². The number of carbonyl (C=O) groups excluding carboxylic acids is 1. The molecule has 1 heterocycles. The Labute approximate surface area is 165 Å². The van der Waals surface area contributed by atoms with E-state index in [9.17, 15) is 24.2 Å². The third-order valence-corrected chi connectivity index (χ3v) is 4.65. The van der Waals surface area contributed by atoms with Crippen molar-refractivity contribution < 1.29 is 38.4 Å². The summed E-state index contributed by atoms with van der Waals surface area (Å²) in [6.45, 7) is 0.100. The van der Waals surface area contributed by atoms with Crippen LogP contribution in [0.2, 0.25) is 0 Å². The number of ether oxygens (including phenoxy) is 3. The first-order valence-corrected chi connectivity index (χ1v) is 10.2. The molecule has 0 atom stereocenters. The van der Waals surface area contributed by atoms with Crippen molar-refractivity contribution in [2.24, 2.45) is 5.92 Å². The van der Waals surface area contributed by atoms with Gasteiger partial charge >= 0.3 is 16.3 Å². The van der Waals surface area contributed by atoms with Gasteiger partial charge in [-0.15, -0.1) is 0 Å². The quantitative estimate of drug-likeness (QED) is 0.384. The van der Waals surface area contributed by atoms with E-state index in [1.54, 1.807) is 0 Å². The number of hydrogen-bond acceptors (Lipinski definition) is 4. The molecule has 1 amide bonds. The average molecular weight is 481 g/mol. The number of halogens is 8. The second kappa shape index (κ2) is 6.87. The summed E-state index contributed by atoms with van der Waals surface area (Å²) in [5.74, 6) is -0.275. The molecule has 2 rings (SSSR count). The standard InChI is InChI=1S/C13H13Cl3F5NO4S/c14-13(15,16)7-26-12(23)22-10-3-9(27(17,18,19,20)21)1-2-11(10)25-6-8-4-24-5-8/h1-3,8H,4-7H2,(H,22,23). The highest BCUT2D eigenvalue weighted by atomic mass is 35.6. The van der Waals surface area contributed by atoms with E-state index in [4.69, 9.17) is 44.3 Å². The minimum atomic E-state index is -9.97. The first-order chi connectivity index (χ1) is 12.0. The maximum Gasteiger partial charge on any atom is 0.411 e. The maximum absolute atomic E-state index is 13.0. The Hall–Kier alpha value is -0.880. The molecule has 1 saturated heterocycles. The molecule has 27 heavy (non-hydrogen) atoms. The molecule has 0 aliphatic carbocycles. The van der Waals surface area contributed by atoms with Crippen LogP contribution in [0.5, 0.6) is 5.75 Å². The molecule has 1 aliphatic rings. The van der Waals surface area contributed by atoms with Crippen molar-refractivity contribution in [1.82, 2.24) is 0 Å². The Balaban J connectivity index is 2.24. The summed E-state index contributed by atoms with van der Waals surface area (Å²) in [6.07, 6.45) is -1.32. The van der Waals surface area contributed by atoms with E-state index >= 15 is 0 Å². The molecule has 156 valence electrons. The van der Waals surface area contributed by atoms with Gasteiger partial charge < -0.3 is 14.2 Å². The minimum Gasteiger partial charge on any atom is -0.491 e. The van der Waals surface area contributed by atoms with Crippen LogP contribution in [0, 0.1) is 5.92 Å². The van der Waals surface area contributed by atoms with Gasteiger partial charge in [-0.3, -0.25) is 5.32 Å². The highest BCUT2D eigenvalue weighted by Gasteiger charge is 2.65. The van der Waals surface area contributed by atoms with Crippen molar-refractivity contribution in [3.8, 4) is 5.75 Å². The van der Waals surface area contributed by atoms with Crippen molar-refractivity contribution in [3.63, 3.8) is 0 Å². The summed E-state index contributed by atoms with van der Waals surface area (Å²) in [5.41, 5.74) is -0.671. The Morgan fingerprint density at radius 3 is 2.33 bits per heavy atom. The highest BCUT2D eigenvalue weighted by Crippen LogP contribution is 3.02. The summed E-state index contributed by atoms with van der Waals surface area (Å²) in [7, 11) is -9.97. The molecule has 1 aromatic carbocycles. The van der Waals surface area contributed by atoms with E-state index in [-0.39, 0.29) is 30.4 Å². The van der Waals surface area contributed by atoms with Gasteiger partial charge in [-0.1, -0.05) is 54.2 Å². The van der Waals surface area contributed by atoms with Gasteiger partial charge in [0.1, 0.15) is 17.3 Å². The van der Waals surface area contributed by atoms with Gasteiger partial charge in [0.15, 0.2) is 0 Å². The number of anilines is 1. The van der Waals surface area contributed by atoms with Crippen LogP contribution < -0.4 is 10.1 Å². The molecule has 1 aliphatic heterocycles. The Morgan fingerprint density at radius 1 is 1.22 bits per heavy atom. The molecule has 14 heteroatoms. The molecule has 0 saturated carbocycles. The number of benzene rings is 1. The number of alkyl halides is 3. The fourth-order valence-corrected chi connectivity index (χ4v) is 2.68. The second-order valence-electron chi connectivity index (χ2n) is 5.66. The molecular formula is C13H13Cl3F5NO4S. The van der Waals surface area contributed by atoms with Crippen LogP contribution in [0.4, 0.5) is 29.9 Å². The molecule has 0 spiro atoms. The van der Waals surface area contributed by atoms with Crippen LogP contribution in [0.1, 0.15) is 0 Å². The topological polar surface area (TPSA) is 56.8 Å². The van der Waals surface area contributed by atoms with E-state index in [1.165, 1.54) is 0 Å². The predicted octanol–water partition coefficient (Wildman–Crippen LogP) is 6.29. The van der Waals surface area contributed by atoms with E-state index in [0.29, 0.717) is 19.3 Å². The fourth-order valence-electron chi connectivity index (χ4n) is 1.85. The number of nitrogens with one attached hydrogen (secondary N) is 1. The Kier molecular flexibility index (Phi) is 5.70. The number of amides is 1. The number of carbonyl (C=O) groups is 1. The van der Waals surface area contributed by atoms with Crippen LogP contribution >= 0.6 is 45.0 Å². The normalized spacial score (nSPS) is 18.1. The zero-order chi connectivity index (χ0) is 20.6. The summed E-state index contributed by atoms with van der Waals surface area (Å²) in [4.78, 5) is 9.49. The van der Waals surface area contributed by atoms with Crippen molar-refractivity contribution in [2.45, 2.75) is 8.69 Å². The van der Waals surface area contributed by atoms with E-state index in [1.807, 2.05) is 5.32 Å². The molecule has 1 N–H and O–H groups in total. The molecule has 0 aromatic heterocycles. The number of rotatable bonds is 6. The lowest BCUT2D eigenvalue weighted by molar-refractivity contribution is -0.0507. The van der Waals surface area contributed by atoms with Crippen molar-refractivity contribution in [1.29, 1.82) is 0 Å². The monoisotopic (exact) mass is 479 g/mol. The predicted molar refractivity (Wildman–Crippen MR) is 92.9 cm³/mol. The average Bonchev–Trinajstić information content (AvgIpc) is 2.41. The molecule has 5 nitrogen and oxygen atoms in total. The Bertz CT molecular complexity index is 725. The molecule has 1 fully saturated rings. The van der Waals surface area contributed by atoms with Crippen LogP contribution in [-0.2, 0) is 9.47 Å². The molecule has 1 aromatic rings. The first kappa shape index (κ1) is 22.4. The van der Waals surface area contributed by atoms with E-state index in [0.717, 1.165) is 0 Å². The summed E-state index contributed by atoms with van der Waals surface area (Å²) >= 11 is 16.2. The van der Waals surface area contributed by atoms with Gasteiger partial charge in [-0.25, -0.2) is 4.79 Å². The smallest absolute Gasteiger partial charge is 0.411 e. The van der Waals surface area contributed by atoms with Gasteiger partial charge in [0.2, 0.25) is 3.79 Å². The third-order valence-electron chi connectivity index (χ3n) is 3.18. The third kappa shape index (κ3) is 7.22. The molecule has 0 unspecified atom stereocenters. The van der Waals surface area contributed by atoms with Crippen molar-refractivity contribution >= 4 is 56.8 Å². The van der Waals surface area contributed by atoms with Gasteiger partial charge in [-0.2, -0.15) is 0 Å². The maximum atomic E-state index is 13.0. The minimum absolute atomic E-state index is 0.00976. The Morgan fingerprint density at radius 2 is 1.85 bits per heavy atom. The van der Waals surface area contributed by atoms with Crippen LogP contribution in [-0.4, -0.2) is 36.3 Å². The summed E-state index contributed by atoms with van der Waals surface area (Å²) < 4.78 is 77.9. The van der Waals surface area contributed by atoms with Crippen LogP contribution in [0.15, 0.2) is 23.1 Å². The second-order valence-corrected chi connectivity index (χ2v) is 10.6. The van der Waals surface area contributed by atoms with Gasteiger partial charge in [0, 0.05) is 5.92 Å². The van der Waals surface area contributed by atoms with Crippen LogP contribution in [0.25, 0.3) is 0 Å². The molecular weight excluding hydrogens is 468 g/mol. The lowest BCUT2D eigenvalue weighted by Gasteiger charge is -2.40. The zero-order valence-corrected chi connectivity index (χ0v) is 16.3. The lowest BCUT2D eigenvalue weighted by Crippen LogP contribution is -2.32. The van der Waals surface area contributed by atoms with Gasteiger partial charge in [0.25, 0.3) is 0 Å². The lowest BCUT2D eigenvalue weighted by atomic mass is 10.1. The highest BCUT2D eigenvalue weighted by molar-refractivity contribution is 8.45. The molecule has 0 bridgehead atoms. The summed E-state index contributed by atoms with van der Waals surface area (Å²) in [5, 5.41) is 1.88. The first-order valence-electron chi connectivity index (χ1n) is 7.13. The zero-order valence-electron chi connectivity index (χ0n) is 13.2. The van der Waals surface area contributed by atoms with Crippen molar-refractivity contribution in [3.05, 3.63) is 18.2 Å². The number of hydrogen-bond donors (Lipinski definition) is 1. The summed E-state index contributed by atoms with van der Waals surface area (Å²) in [6, 6.07) is 0.911. The largest absolute Gasteiger partial charge is 0.491 e. The molecule has 0 radical (unpaired) electrons.